The van der Waals surface area contributed by atoms with Gasteiger partial charge in [0.05, 0.1) is 12.2 Å². The molecule has 2 rings (SSSR count). The zero-order valence-corrected chi connectivity index (χ0v) is 15.0. The number of hydrogen-bond donors (Lipinski definition) is 1. The number of piperidine rings is 1. The van der Waals surface area contributed by atoms with E-state index in [1.54, 1.807) is 0 Å². The molecule has 2 aliphatic rings. The summed E-state index contributed by atoms with van der Waals surface area (Å²) in [6.45, 7) is 17.3. The van der Waals surface area contributed by atoms with Crippen molar-refractivity contribution in [2.75, 3.05) is 19.6 Å². The van der Waals surface area contributed by atoms with Crippen LogP contribution in [0, 0.1) is 5.41 Å². The molecule has 0 bridgehead atoms. The first-order valence-electron chi connectivity index (χ1n) is 8.76. The normalized spacial score (nSPS) is 29.4. The molecule has 0 aromatic heterocycles. The third-order valence-corrected chi connectivity index (χ3v) is 4.35. The van der Waals surface area contributed by atoms with E-state index in [1.165, 1.54) is 45.3 Å². The lowest BCUT2D eigenvalue weighted by atomic mass is 9.87. The van der Waals surface area contributed by atoms with E-state index in [0.29, 0.717) is 23.7 Å². The van der Waals surface area contributed by atoms with Crippen molar-refractivity contribution in [3.63, 3.8) is 0 Å². The van der Waals surface area contributed by atoms with Crippen LogP contribution in [0.1, 0.15) is 67.2 Å². The van der Waals surface area contributed by atoms with Crippen LogP contribution >= 0.6 is 0 Å². The van der Waals surface area contributed by atoms with Gasteiger partial charge in [0.1, 0.15) is 0 Å². The average Bonchev–Trinajstić information content (AvgIpc) is 2.25. The van der Waals surface area contributed by atoms with Crippen molar-refractivity contribution in [3.8, 4) is 0 Å². The predicted octanol–water partition coefficient (Wildman–Crippen LogP) is 3.43. The lowest BCUT2D eigenvalue weighted by Gasteiger charge is -2.43. The molecule has 0 aromatic carbocycles. The predicted molar refractivity (Wildman–Crippen MR) is 89.7 cm³/mol. The maximum absolute atomic E-state index is 6.28. The quantitative estimate of drug-likeness (QED) is 0.860. The van der Waals surface area contributed by atoms with Crippen LogP contribution in [-0.4, -0.2) is 48.3 Å². The number of rotatable bonds is 4. The highest BCUT2D eigenvalue weighted by Crippen LogP contribution is 2.29. The molecule has 3 heteroatoms. The minimum absolute atomic E-state index is 0.230. The SMILES string of the molecule is CC(C)(C)CN1CCC(O[C@H]2C[C@@H](NC(C)(C)C)C2)CC1. The zero-order chi connectivity index (χ0) is 15.7. The second-order valence-electron chi connectivity index (χ2n) is 9.36. The Morgan fingerprint density at radius 1 is 0.952 bits per heavy atom. The van der Waals surface area contributed by atoms with Gasteiger partial charge in [-0.1, -0.05) is 20.8 Å². The smallest absolute Gasteiger partial charge is 0.0608 e. The summed E-state index contributed by atoms with van der Waals surface area (Å²) < 4.78 is 6.28. The lowest BCUT2D eigenvalue weighted by molar-refractivity contribution is -0.0881. The van der Waals surface area contributed by atoms with E-state index in [0.717, 1.165) is 0 Å². The summed E-state index contributed by atoms with van der Waals surface area (Å²) in [5.74, 6) is 0. The molecule has 1 saturated carbocycles. The summed E-state index contributed by atoms with van der Waals surface area (Å²) in [6.07, 6.45) is 5.82. The Hall–Kier alpha value is -0.120. The third-order valence-electron chi connectivity index (χ3n) is 4.35. The van der Waals surface area contributed by atoms with Crippen molar-refractivity contribution < 1.29 is 4.74 Å². The molecule has 21 heavy (non-hydrogen) atoms. The van der Waals surface area contributed by atoms with Gasteiger partial charge in [0, 0.05) is 31.2 Å². The summed E-state index contributed by atoms with van der Waals surface area (Å²) >= 11 is 0. The van der Waals surface area contributed by atoms with Gasteiger partial charge in [-0.15, -0.1) is 0 Å². The maximum atomic E-state index is 6.28. The summed E-state index contributed by atoms with van der Waals surface area (Å²) in [5.41, 5.74) is 0.640. The monoisotopic (exact) mass is 296 g/mol. The van der Waals surface area contributed by atoms with Gasteiger partial charge >= 0.3 is 0 Å². The first kappa shape index (κ1) is 17.2. The molecule has 3 nitrogen and oxygen atoms in total. The van der Waals surface area contributed by atoms with Crippen LogP contribution in [0.3, 0.4) is 0 Å². The molecule has 1 aliphatic heterocycles. The van der Waals surface area contributed by atoms with Crippen LogP contribution < -0.4 is 5.32 Å². The van der Waals surface area contributed by atoms with Crippen molar-refractivity contribution in [1.29, 1.82) is 0 Å². The largest absolute Gasteiger partial charge is 0.375 e. The number of hydrogen-bond acceptors (Lipinski definition) is 3. The highest BCUT2D eigenvalue weighted by molar-refractivity contribution is 4.91. The Morgan fingerprint density at radius 2 is 1.52 bits per heavy atom. The van der Waals surface area contributed by atoms with Crippen molar-refractivity contribution in [2.24, 2.45) is 5.41 Å². The highest BCUT2D eigenvalue weighted by atomic mass is 16.5. The van der Waals surface area contributed by atoms with Crippen molar-refractivity contribution >= 4 is 0 Å². The minimum Gasteiger partial charge on any atom is -0.375 e. The molecule has 0 aromatic rings. The Morgan fingerprint density at radius 3 is 2.00 bits per heavy atom. The first-order chi connectivity index (χ1) is 9.61. The van der Waals surface area contributed by atoms with Crippen LogP contribution in [0.25, 0.3) is 0 Å². The second-order valence-corrected chi connectivity index (χ2v) is 9.36. The number of ether oxygens (including phenoxy) is 1. The van der Waals surface area contributed by atoms with E-state index in [-0.39, 0.29) is 5.54 Å². The van der Waals surface area contributed by atoms with Gasteiger partial charge in [-0.2, -0.15) is 0 Å². The van der Waals surface area contributed by atoms with Crippen LogP contribution in [0.4, 0.5) is 0 Å². The topological polar surface area (TPSA) is 24.5 Å². The molecule has 0 unspecified atom stereocenters. The Labute approximate surface area is 131 Å². The Balaban J connectivity index is 1.60. The third kappa shape index (κ3) is 6.25. The summed E-state index contributed by atoms with van der Waals surface area (Å²) in [6, 6.07) is 0.663. The van der Waals surface area contributed by atoms with Gasteiger partial charge in [-0.05, 0) is 51.9 Å². The van der Waals surface area contributed by atoms with Crippen LogP contribution in [0.15, 0.2) is 0 Å². The van der Waals surface area contributed by atoms with E-state index < -0.39 is 0 Å². The van der Waals surface area contributed by atoms with E-state index in [9.17, 15) is 0 Å². The molecule has 0 spiro atoms. The number of nitrogens with one attached hydrogen (secondary N) is 1. The van der Waals surface area contributed by atoms with Gasteiger partial charge in [0.15, 0.2) is 0 Å². The average molecular weight is 296 g/mol. The fourth-order valence-electron chi connectivity index (χ4n) is 3.55. The van der Waals surface area contributed by atoms with Gasteiger partial charge in [0.2, 0.25) is 0 Å². The summed E-state index contributed by atoms with van der Waals surface area (Å²) in [7, 11) is 0. The van der Waals surface area contributed by atoms with E-state index in [2.05, 4.69) is 51.8 Å². The van der Waals surface area contributed by atoms with Crippen LogP contribution in [0.2, 0.25) is 0 Å². The van der Waals surface area contributed by atoms with E-state index in [4.69, 9.17) is 4.74 Å². The standard InChI is InChI=1S/C18H36N2O/c1-17(2,3)13-20-9-7-15(8-10-20)21-16-11-14(12-16)19-18(4,5)6/h14-16,19H,7-13H2,1-6H3/t14-,16+. The van der Waals surface area contributed by atoms with Gasteiger partial charge < -0.3 is 15.0 Å². The van der Waals surface area contributed by atoms with E-state index >= 15 is 0 Å². The molecule has 0 atom stereocenters. The van der Waals surface area contributed by atoms with Crippen LogP contribution in [0.5, 0.6) is 0 Å². The summed E-state index contributed by atoms with van der Waals surface area (Å²) in [5, 5.41) is 3.67. The van der Waals surface area contributed by atoms with Crippen molar-refractivity contribution in [2.45, 2.75) is 91.0 Å². The van der Waals surface area contributed by atoms with Gasteiger partial charge in [0.25, 0.3) is 0 Å². The first-order valence-corrected chi connectivity index (χ1v) is 8.76. The molecule has 2 fully saturated rings. The van der Waals surface area contributed by atoms with Gasteiger partial charge in [-0.25, -0.2) is 0 Å². The molecule has 1 heterocycles. The molecule has 0 radical (unpaired) electrons. The fraction of sp³-hybridized carbons (Fsp3) is 1.00. The zero-order valence-electron chi connectivity index (χ0n) is 15.0. The molecule has 124 valence electrons. The molecule has 0 amide bonds. The van der Waals surface area contributed by atoms with Crippen molar-refractivity contribution in [1.82, 2.24) is 10.2 Å². The fourth-order valence-corrected chi connectivity index (χ4v) is 3.55. The Bertz CT molecular complexity index is 315. The minimum atomic E-state index is 0.230. The number of likely N-dealkylation sites (tertiary alicyclic amines) is 1. The second kappa shape index (κ2) is 6.55. The molecule has 1 N–H and O–H groups in total. The number of nitrogens with zero attached hydrogens (tertiary/aromatic N) is 1. The highest BCUT2D eigenvalue weighted by Gasteiger charge is 2.34. The molecular formula is C18H36N2O. The van der Waals surface area contributed by atoms with Gasteiger partial charge in [-0.3, -0.25) is 0 Å². The van der Waals surface area contributed by atoms with Crippen LogP contribution in [-0.2, 0) is 4.74 Å². The lowest BCUT2D eigenvalue weighted by Crippen LogP contribution is -2.53. The molecule has 1 saturated heterocycles. The Kier molecular flexibility index (Phi) is 5.38. The maximum Gasteiger partial charge on any atom is 0.0608 e. The van der Waals surface area contributed by atoms with Crippen molar-refractivity contribution in [3.05, 3.63) is 0 Å². The summed E-state index contributed by atoms with van der Waals surface area (Å²) in [4.78, 5) is 2.60. The van der Waals surface area contributed by atoms with E-state index in [1.807, 2.05) is 0 Å². The molecule has 1 aliphatic carbocycles. The molecular weight excluding hydrogens is 260 g/mol.